The van der Waals surface area contributed by atoms with Crippen molar-refractivity contribution in [1.29, 1.82) is 0 Å². The molecule has 0 bridgehead atoms. The maximum atomic E-state index is 6.10. The molecular weight excluding hydrogens is 194 g/mol. The first kappa shape index (κ1) is 10.8. The van der Waals surface area contributed by atoms with Crippen LogP contribution in [-0.2, 0) is 4.74 Å². The van der Waals surface area contributed by atoms with Crippen molar-refractivity contribution in [2.75, 3.05) is 24.7 Å². The summed E-state index contributed by atoms with van der Waals surface area (Å²) in [6.07, 6.45) is 5.02. The minimum absolute atomic E-state index is 0.194. The summed E-state index contributed by atoms with van der Waals surface area (Å²) in [5, 5.41) is 3.65. The highest BCUT2D eigenvalue weighted by atomic mass is 32.2. The van der Waals surface area contributed by atoms with E-state index in [-0.39, 0.29) is 5.60 Å². The molecule has 0 aromatic carbocycles. The van der Waals surface area contributed by atoms with Crippen LogP contribution in [0.5, 0.6) is 0 Å². The number of hydrogen-bond donors (Lipinski definition) is 1. The van der Waals surface area contributed by atoms with Gasteiger partial charge in [0.1, 0.15) is 0 Å². The van der Waals surface area contributed by atoms with E-state index in [2.05, 4.69) is 24.0 Å². The van der Waals surface area contributed by atoms with Gasteiger partial charge in [-0.15, -0.1) is 0 Å². The molecule has 1 unspecified atom stereocenters. The number of rotatable bonds is 2. The Bertz CT molecular complexity index is 170. The van der Waals surface area contributed by atoms with Crippen LogP contribution in [0.2, 0.25) is 0 Å². The molecule has 2 aliphatic rings. The summed E-state index contributed by atoms with van der Waals surface area (Å²) in [7, 11) is 0. The van der Waals surface area contributed by atoms with Crippen LogP contribution >= 0.6 is 11.8 Å². The first-order valence-electron chi connectivity index (χ1n) is 5.82. The van der Waals surface area contributed by atoms with Gasteiger partial charge in [0.15, 0.2) is 0 Å². The maximum absolute atomic E-state index is 6.10. The molecule has 0 aromatic rings. The molecule has 2 aliphatic heterocycles. The summed E-state index contributed by atoms with van der Waals surface area (Å²) in [4.78, 5) is 0. The third-order valence-corrected chi connectivity index (χ3v) is 4.42. The zero-order valence-corrected chi connectivity index (χ0v) is 9.87. The lowest BCUT2D eigenvalue weighted by Gasteiger charge is -2.46. The van der Waals surface area contributed by atoms with Crippen molar-refractivity contribution in [2.45, 2.75) is 44.2 Å². The van der Waals surface area contributed by atoms with Crippen molar-refractivity contribution in [3.05, 3.63) is 0 Å². The van der Waals surface area contributed by atoms with Crippen molar-refractivity contribution in [2.24, 2.45) is 0 Å². The first-order chi connectivity index (χ1) is 6.87. The van der Waals surface area contributed by atoms with Crippen molar-refractivity contribution in [3.63, 3.8) is 0 Å². The van der Waals surface area contributed by atoms with Gasteiger partial charge in [0.25, 0.3) is 0 Å². The van der Waals surface area contributed by atoms with Gasteiger partial charge < -0.3 is 10.1 Å². The largest absolute Gasteiger partial charge is 0.372 e. The topological polar surface area (TPSA) is 21.3 Å². The van der Waals surface area contributed by atoms with E-state index in [9.17, 15) is 0 Å². The van der Waals surface area contributed by atoms with Gasteiger partial charge in [-0.1, -0.05) is 13.3 Å². The monoisotopic (exact) mass is 215 g/mol. The maximum Gasteiger partial charge on any atom is 0.0851 e. The van der Waals surface area contributed by atoms with Crippen LogP contribution in [0, 0.1) is 0 Å². The molecule has 2 fully saturated rings. The summed E-state index contributed by atoms with van der Waals surface area (Å²) in [6.45, 7) is 4.21. The van der Waals surface area contributed by atoms with Gasteiger partial charge >= 0.3 is 0 Å². The molecule has 0 aromatic heterocycles. The van der Waals surface area contributed by atoms with Crippen LogP contribution in [0.25, 0.3) is 0 Å². The van der Waals surface area contributed by atoms with Gasteiger partial charge in [0.2, 0.25) is 0 Å². The lowest BCUT2D eigenvalue weighted by molar-refractivity contribution is -0.103. The fraction of sp³-hybridized carbons (Fsp3) is 1.00. The van der Waals surface area contributed by atoms with E-state index in [4.69, 9.17) is 4.74 Å². The molecule has 0 radical (unpaired) electrons. The lowest BCUT2D eigenvalue weighted by atomic mass is 9.84. The number of hydrogen-bond acceptors (Lipinski definition) is 3. The fourth-order valence-electron chi connectivity index (χ4n) is 2.64. The Balaban J connectivity index is 2.02. The number of morpholine rings is 1. The highest BCUT2D eigenvalue weighted by molar-refractivity contribution is 7.99. The number of ether oxygens (including phenoxy) is 1. The second kappa shape index (κ2) is 4.86. The molecule has 1 N–H and O–H groups in total. The van der Waals surface area contributed by atoms with Gasteiger partial charge in [-0.25, -0.2) is 0 Å². The van der Waals surface area contributed by atoms with Crippen molar-refractivity contribution < 1.29 is 4.74 Å². The number of nitrogens with one attached hydrogen (secondary N) is 1. The zero-order chi connectivity index (χ0) is 9.86. The quantitative estimate of drug-likeness (QED) is 0.761. The van der Waals surface area contributed by atoms with Crippen LogP contribution in [0.15, 0.2) is 0 Å². The average Bonchev–Trinajstić information content (AvgIpc) is 2.23. The van der Waals surface area contributed by atoms with E-state index in [1.54, 1.807) is 0 Å². The smallest absolute Gasteiger partial charge is 0.0851 e. The fourth-order valence-corrected chi connectivity index (χ4v) is 3.82. The first-order valence-corrected chi connectivity index (χ1v) is 6.98. The Kier molecular flexibility index (Phi) is 3.74. The highest BCUT2D eigenvalue weighted by Crippen LogP contribution is 2.36. The minimum atomic E-state index is 0.194. The number of thioether (sulfide) groups is 1. The molecule has 0 amide bonds. The molecule has 14 heavy (non-hydrogen) atoms. The Morgan fingerprint density at radius 2 is 2.21 bits per heavy atom. The highest BCUT2D eigenvalue weighted by Gasteiger charge is 2.42. The van der Waals surface area contributed by atoms with Crippen LogP contribution < -0.4 is 5.32 Å². The Morgan fingerprint density at radius 3 is 2.93 bits per heavy atom. The van der Waals surface area contributed by atoms with Gasteiger partial charge in [-0.3, -0.25) is 0 Å². The lowest BCUT2D eigenvalue weighted by Crippen LogP contribution is -2.59. The van der Waals surface area contributed by atoms with E-state index >= 15 is 0 Å². The SMILES string of the molecule is CCCC1NCCOC12CCSCC2. The molecule has 2 heterocycles. The molecule has 1 atom stereocenters. The summed E-state index contributed by atoms with van der Waals surface area (Å²) in [6, 6.07) is 0.613. The van der Waals surface area contributed by atoms with Gasteiger partial charge in [-0.05, 0) is 30.8 Å². The Morgan fingerprint density at radius 1 is 1.43 bits per heavy atom. The summed E-state index contributed by atoms with van der Waals surface area (Å²) in [5.74, 6) is 2.56. The second-order valence-electron chi connectivity index (χ2n) is 4.32. The van der Waals surface area contributed by atoms with E-state index in [0.717, 1.165) is 13.2 Å². The van der Waals surface area contributed by atoms with Crippen molar-refractivity contribution >= 4 is 11.8 Å². The standard InChI is InChI=1S/C11H21NOS/c1-2-3-10-11(13-7-6-12-10)4-8-14-9-5-11/h10,12H,2-9H2,1H3. The van der Waals surface area contributed by atoms with Gasteiger partial charge in [-0.2, -0.15) is 11.8 Å². The molecular formula is C11H21NOS. The summed E-state index contributed by atoms with van der Waals surface area (Å²) in [5.41, 5.74) is 0.194. The van der Waals surface area contributed by atoms with Crippen LogP contribution in [0.3, 0.4) is 0 Å². The van der Waals surface area contributed by atoms with E-state index in [0.29, 0.717) is 6.04 Å². The van der Waals surface area contributed by atoms with Crippen LogP contribution in [-0.4, -0.2) is 36.3 Å². The molecule has 82 valence electrons. The Hall–Kier alpha value is 0.270. The van der Waals surface area contributed by atoms with Crippen molar-refractivity contribution in [3.8, 4) is 0 Å². The molecule has 2 saturated heterocycles. The zero-order valence-electron chi connectivity index (χ0n) is 9.05. The van der Waals surface area contributed by atoms with Gasteiger partial charge in [0.05, 0.1) is 12.2 Å². The summed E-state index contributed by atoms with van der Waals surface area (Å²) >= 11 is 2.07. The van der Waals surface area contributed by atoms with Crippen LogP contribution in [0.1, 0.15) is 32.6 Å². The molecule has 3 heteroatoms. The van der Waals surface area contributed by atoms with Gasteiger partial charge in [0, 0.05) is 12.6 Å². The predicted octanol–water partition coefficient (Wildman–Crippen LogP) is 2.04. The van der Waals surface area contributed by atoms with E-state index in [1.807, 2.05) is 0 Å². The molecule has 2 nitrogen and oxygen atoms in total. The normalized spacial score (nSPS) is 31.9. The Labute approximate surface area is 91.2 Å². The van der Waals surface area contributed by atoms with Crippen LogP contribution in [0.4, 0.5) is 0 Å². The predicted molar refractivity (Wildman–Crippen MR) is 61.9 cm³/mol. The molecule has 0 saturated carbocycles. The van der Waals surface area contributed by atoms with Crippen molar-refractivity contribution in [1.82, 2.24) is 5.32 Å². The third-order valence-electron chi connectivity index (χ3n) is 3.43. The summed E-state index contributed by atoms with van der Waals surface area (Å²) < 4.78 is 6.10. The third kappa shape index (κ3) is 2.10. The molecule has 1 spiro atoms. The average molecular weight is 215 g/mol. The molecule has 2 rings (SSSR count). The molecule has 0 aliphatic carbocycles. The second-order valence-corrected chi connectivity index (χ2v) is 5.55. The van der Waals surface area contributed by atoms with E-state index < -0.39 is 0 Å². The minimum Gasteiger partial charge on any atom is -0.372 e. The van der Waals surface area contributed by atoms with E-state index in [1.165, 1.54) is 37.2 Å².